The van der Waals surface area contributed by atoms with Crippen molar-refractivity contribution < 1.29 is 58.6 Å². The van der Waals surface area contributed by atoms with Crippen molar-refractivity contribution in [1.82, 2.24) is 0 Å². The fraction of sp³-hybridized carbons (Fsp3) is 0.385. The summed E-state index contributed by atoms with van der Waals surface area (Å²) in [5.41, 5.74) is 0. The molecule has 0 unspecified atom stereocenters. The summed E-state index contributed by atoms with van der Waals surface area (Å²) in [6.45, 7) is 1.29. The predicted molar refractivity (Wildman–Crippen MR) is 65.5 cm³/mol. The monoisotopic (exact) mass is 400 g/mol. The van der Waals surface area contributed by atoms with E-state index in [1.165, 1.54) is 6.92 Å². The van der Waals surface area contributed by atoms with Crippen molar-refractivity contribution in [2.24, 2.45) is 0 Å². The Bertz CT molecular complexity index is 606. The summed E-state index contributed by atoms with van der Waals surface area (Å²) >= 11 is 0. The van der Waals surface area contributed by atoms with Crippen molar-refractivity contribution in [3.8, 4) is 5.75 Å². The lowest BCUT2D eigenvalue weighted by Crippen LogP contribution is -2.46. The number of esters is 2. The molecule has 0 saturated heterocycles. The van der Waals surface area contributed by atoms with Crippen LogP contribution in [0.3, 0.4) is 0 Å². The minimum atomic E-state index is -6.04. The zero-order valence-corrected chi connectivity index (χ0v) is 12.6. The molecule has 0 radical (unpaired) electrons. The number of carbonyl (C=O) groups is 2. The number of benzene rings is 1. The first-order valence-corrected chi connectivity index (χ1v) is 6.31. The Morgan fingerprint density at radius 2 is 1.38 bits per heavy atom. The largest absolute Gasteiger partial charge is 0.575 e. The SMILES string of the molecule is CCC(=O)OC(F)(F)F.O=C(Oc1ccc(F)cc1)C(F)(F)C(F)(F)F. The van der Waals surface area contributed by atoms with Crippen LogP contribution in [0.4, 0.5) is 39.5 Å². The van der Waals surface area contributed by atoms with Gasteiger partial charge in [0.15, 0.2) is 0 Å². The third-order valence-electron chi connectivity index (χ3n) is 2.15. The number of alkyl halides is 8. The normalized spacial score (nSPS) is 11.9. The van der Waals surface area contributed by atoms with Gasteiger partial charge in [0.1, 0.15) is 11.6 Å². The molecule has 1 aromatic rings. The highest BCUT2D eigenvalue weighted by atomic mass is 19.4. The molecule has 0 heterocycles. The second-order valence-electron chi connectivity index (χ2n) is 4.19. The third-order valence-corrected chi connectivity index (χ3v) is 2.15. The van der Waals surface area contributed by atoms with Gasteiger partial charge in [-0.15, -0.1) is 13.2 Å². The van der Waals surface area contributed by atoms with E-state index in [0.29, 0.717) is 0 Å². The zero-order chi connectivity index (χ0) is 20.8. The fourth-order valence-corrected chi connectivity index (χ4v) is 0.991. The van der Waals surface area contributed by atoms with E-state index in [1.54, 1.807) is 0 Å². The molecule has 0 aliphatic carbocycles. The third kappa shape index (κ3) is 8.07. The standard InChI is InChI=1S/C9H4F6O2.C4H5F3O2/c10-5-1-3-6(4-2-5)17-7(16)8(11,12)9(13,14)15;1-2-3(8)9-4(5,6)7/h1-4H;2H2,1H3. The lowest BCUT2D eigenvalue weighted by Gasteiger charge is -2.17. The second-order valence-corrected chi connectivity index (χ2v) is 4.19. The fourth-order valence-electron chi connectivity index (χ4n) is 0.991. The summed E-state index contributed by atoms with van der Waals surface area (Å²) in [6.07, 6.45) is -11.1. The first kappa shape index (κ1) is 23.5. The molecule has 1 aromatic carbocycles. The number of ether oxygens (including phenoxy) is 2. The van der Waals surface area contributed by atoms with Gasteiger partial charge in [-0.3, -0.25) is 4.79 Å². The molecule has 148 valence electrons. The van der Waals surface area contributed by atoms with Crippen LogP contribution in [0.25, 0.3) is 0 Å². The van der Waals surface area contributed by atoms with Crippen LogP contribution in [-0.4, -0.2) is 30.4 Å². The van der Waals surface area contributed by atoms with Gasteiger partial charge in [-0.1, -0.05) is 6.92 Å². The van der Waals surface area contributed by atoms with Crippen LogP contribution in [0.2, 0.25) is 0 Å². The van der Waals surface area contributed by atoms with Gasteiger partial charge in [0.2, 0.25) is 0 Å². The Labute approximate surface area is 139 Å². The Morgan fingerprint density at radius 1 is 0.923 bits per heavy atom. The zero-order valence-electron chi connectivity index (χ0n) is 12.6. The van der Waals surface area contributed by atoms with Gasteiger partial charge in [0.05, 0.1) is 0 Å². The lowest BCUT2D eigenvalue weighted by molar-refractivity contribution is -0.305. The van der Waals surface area contributed by atoms with Crippen LogP contribution in [0.5, 0.6) is 5.75 Å². The van der Waals surface area contributed by atoms with E-state index in [-0.39, 0.29) is 6.42 Å². The van der Waals surface area contributed by atoms with Crippen molar-refractivity contribution in [2.75, 3.05) is 0 Å². The minimum absolute atomic E-state index is 0.264. The number of halogens is 9. The summed E-state index contributed by atoms with van der Waals surface area (Å²) in [6, 6.07) is 2.99. The van der Waals surface area contributed by atoms with Crippen molar-refractivity contribution in [3.63, 3.8) is 0 Å². The molecule has 4 nitrogen and oxygen atoms in total. The maximum absolute atomic E-state index is 12.4. The van der Waals surface area contributed by atoms with Gasteiger partial charge in [0.25, 0.3) is 0 Å². The number of rotatable bonds is 3. The van der Waals surface area contributed by atoms with Crippen LogP contribution < -0.4 is 4.74 Å². The van der Waals surface area contributed by atoms with Crippen LogP contribution in [0, 0.1) is 5.82 Å². The van der Waals surface area contributed by atoms with E-state index in [0.717, 1.165) is 24.3 Å². The maximum atomic E-state index is 12.4. The molecular formula is C13H9F9O4. The van der Waals surface area contributed by atoms with Gasteiger partial charge in [-0.05, 0) is 24.3 Å². The van der Waals surface area contributed by atoms with E-state index in [1.807, 2.05) is 0 Å². The highest BCUT2D eigenvalue weighted by molar-refractivity contribution is 5.80. The quantitative estimate of drug-likeness (QED) is 0.429. The maximum Gasteiger partial charge on any atom is 0.575 e. The number of carbonyl (C=O) groups excluding carboxylic acids is 2. The molecule has 0 amide bonds. The van der Waals surface area contributed by atoms with Crippen LogP contribution in [0.1, 0.15) is 13.3 Å². The van der Waals surface area contributed by atoms with Gasteiger partial charge in [-0.25, -0.2) is 9.18 Å². The highest BCUT2D eigenvalue weighted by Crippen LogP contribution is 2.36. The Balaban J connectivity index is 0.000000590. The molecule has 0 saturated carbocycles. The summed E-state index contributed by atoms with van der Waals surface area (Å²) in [7, 11) is 0. The van der Waals surface area contributed by atoms with E-state index in [9.17, 15) is 49.1 Å². The van der Waals surface area contributed by atoms with Crippen LogP contribution in [-0.2, 0) is 14.3 Å². The van der Waals surface area contributed by atoms with E-state index in [2.05, 4.69) is 9.47 Å². The number of hydrogen-bond acceptors (Lipinski definition) is 4. The Kier molecular flexibility index (Phi) is 7.93. The smallest absolute Gasteiger partial charge is 0.422 e. The minimum Gasteiger partial charge on any atom is -0.422 e. The average Bonchev–Trinajstić information content (AvgIpc) is 2.47. The van der Waals surface area contributed by atoms with Crippen LogP contribution >= 0.6 is 0 Å². The van der Waals surface area contributed by atoms with Crippen molar-refractivity contribution in [2.45, 2.75) is 31.8 Å². The van der Waals surface area contributed by atoms with Gasteiger partial charge >= 0.3 is 30.4 Å². The molecule has 0 aromatic heterocycles. The molecule has 0 bridgehead atoms. The topological polar surface area (TPSA) is 52.6 Å². The van der Waals surface area contributed by atoms with E-state index < -0.39 is 42.0 Å². The molecule has 0 aliphatic rings. The van der Waals surface area contributed by atoms with Crippen molar-refractivity contribution >= 4 is 11.9 Å². The predicted octanol–water partition coefficient (Wildman–Crippen LogP) is 4.39. The average molecular weight is 400 g/mol. The van der Waals surface area contributed by atoms with Crippen molar-refractivity contribution in [1.29, 1.82) is 0 Å². The summed E-state index contributed by atoms with van der Waals surface area (Å²) < 4.78 is 112. The van der Waals surface area contributed by atoms with Gasteiger partial charge in [0, 0.05) is 6.42 Å². The summed E-state index contributed by atoms with van der Waals surface area (Å²) in [4.78, 5) is 20.5. The van der Waals surface area contributed by atoms with Gasteiger partial charge in [-0.2, -0.15) is 22.0 Å². The van der Waals surface area contributed by atoms with Gasteiger partial charge < -0.3 is 9.47 Å². The molecular weight excluding hydrogens is 391 g/mol. The summed E-state index contributed by atoms with van der Waals surface area (Å²) in [5, 5.41) is 0. The lowest BCUT2D eigenvalue weighted by atomic mass is 10.3. The molecule has 1 rings (SSSR count). The molecule has 0 spiro atoms. The first-order valence-electron chi connectivity index (χ1n) is 6.31. The Morgan fingerprint density at radius 3 is 1.69 bits per heavy atom. The molecule has 13 heteroatoms. The number of hydrogen-bond donors (Lipinski definition) is 0. The Hall–Kier alpha value is -2.47. The van der Waals surface area contributed by atoms with Crippen LogP contribution in [0.15, 0.2) is 24.3 Å². The molecule has 0 fully saturated rings. The first-order chi connectivity index (χ1) is 11.6. The molecule has 0 N–H and O–H groups in total. The van der Waals surface area contributed by atoms with E-state index >= 15 is 0 Å². The second kappa shape index (κ2) is 8.76. The van der Waals surface area contributed by atoms with Crippen molar-refractivity contribution in [3.05, 3.63) is 30.1 Å². The highest BCUT2D eigenvalue weighted by Gasteiger charge is 2.65. The van der Waals surface area contributed by atoms with E-state index in [4.69, 9.17) is 0 Å². The molecule has 26 heavy (non-hydrogen) atoms. The summed E-state index contributed by atoms with van der Waals surface area (Å²) in [5.74, 6) is -11.0. The molecule has 0 atom stereocenters. The molecule has 0 aliphatic heterocycles.